The van der Waals surface area contributed by atoms with Crippen molar-refractivity contribution < 1.29 is 13.6 Å². The molecule has 1 atom stereocenters. The van der Waals surface area contributed by atoms with Gasteiger partial charge in [0.2, 0.25) is 0 Å². The molecule has 0 spiro atoms. The second-order valence-electron chi connectivity index (χ2n) is 7.73. The number of aromatic amines is 1. The van der Waals surface area contributed by atoms with E-state index in [2.05, 4.69) is 10.3 Å². The zero-order valence-corrected chi connectivity index (χ0v) is 18.6. The van der Waals surface area contributed by atoms with Crippen LogP contribution in [0, 0.1) is 13.8 Å². The van der Waals surface area contributed by atoms with E-state index in [1.54, 1.807) is 6.07 Å². The molecule has 2 heterocycles. The molecular formula is C22H26N3O4S-. The molecule has 3 aromatic rings. The van der Waals surface area contributed by atoms with E-state index in [-0.39, 0.29) is 28.6 Å². The second-order valence-corrected chi connectivity index (χ2v) is 8.68. The second kappa shape index (κ2) is 8.57. The molecule has 30 heavy (non-hydrogen) atoms. The number of nitrogens with zero attached hydrogens (tertiary/aromatic N) is 1. The van der Waals surface area contributed by atoms with Gasteiger partial charge in [0.15, 0.2) is 0 Å². The molecule has 8 heteroatoms. The molecule has 1 aromatic carbocycles. The molecular weight excluding hydrogens is 402 g/mol. The van der Waals surface area contributed by atoms with E-state index in [9.17, 15) is 18.4 Å². The van der Waals surface area contributed by atoms with Crippen molar-refractivity contribution in [3.05, 3.63) is 62.7 Å². The molecule has 1 unspecified atom stereocenters. The van der Waals surface area contributed by atoms with Gasteiger partial charge in [0.1, 0.15) is 0 Å². The Morgan fingerprint density at radius 2 is 1.97 bits per heavy atom. The summed E-state index contributed by atoms with van der Waals surface area (Å²) in [7, 11) is 0. The summed E-state index contributed by atoms with van der Waals surface area (Å²) in [5.41, 5.74) is 3.78. The van der Waals surface area contributed by atoms with E-state index in [0.29, 0.717) is 22.9 Å². The lowest BCUT2D eigenvalue weighted by Gasteiger charge is -2.15. The zero-order chi connectivity index (χ0) is 22.2. The first-order valence-corrected chi connectivity index (χ1v) is 11.0. The van der Waals surface area contributed by atoms with Crippen molar-refractivity contribution >= 4 is 27.9 Å². The predicted octanol–water partition coefficient (Wildman–Crippen LogP) is 3.26. The fraction of sp³-hybridized carbons (Fsp3) is 0.364. The number of rotatable bonds is 6. The summed E-state index contributed by atoms with van der Waals surface area (Å²) in [5.74, 6) is -0.418. The molecule has 0 fully saturated rings. The molecule has 7 nitrogen and oxygen atoms in total. The van der Waals surface area contributed by atoms with E-state index < -0.39 is 17.0 Å². The van der Waals surface area contributed by atoms with Crippen LogP contribution in [-0.2, 0) is 24.0 Å². The lowest BCUT2D eigenvalue weighted by atomic mass is 10.0. The van der Waals surface area contributed by atoms with Crippen molar-refractivity contribution in [3.63, 3.8) is 0 Å². The van der Waals surface area contributed by atoms with Gasteiger partial charge < -0.3 is 19.4 Å². The van der Waals surface area contributed by atoms with Crippen molar-refractivity contribution in [3.8, 4) is 0 Å². The number of carbonyl (C=O) groups is 1. The van der Waals surface area contributed by atoms with Crippen molar-refractivity contribution in [2.75, 3.05) is 0 Å². The number of aryl methyl sites for hydroxylation is 3. The molecule has 0 aliphatic carbocycles. The van der Waals surface area contributed by atoms with Crippen molar-refractivity contribution in [2.24, 2.45) is 0 Å². The third-order valence-electron chi connectivity index (χ3n) is 5.26. The Morgan fingerprint density at radius 3 is 2.57 bits per heavy atom. The molecule has 160 valence electrons. The van der Waals surface area contributed by atoms with Gasteiger partial charge >= 0.3 is 0 Å². The van der Waals surface area contributed by atoms with Crippen LogP contribution < -0.4 is 10.9 Å². The van der Waals surface area contributed by atoms with Gasteiger partial charge in [-0.15, -0.1) is 0 Å². The Morgan fingerprint density at radius 1 is 1.27 bits per heavy atom. The molecule has 0 aliphatic rings. The molecule has 2 N–H and O–H groups in total. The van der Waals surface area contributed by atoms with Gasteiger partial charge in [-0.05, 0) is 74.5 Å². The number of benzene rings is 1. The Kier molecular flexibility index (Phi) is 6.28. The van der Waals surface area contributed by atoms with Crippen LogP contribution in [0.25, 0.3) is 10.9 Å². The van der Waals surface area contributed by atoms with E-state index in [4.69, 9.17) is 0 Å². The Balaban J connectivity index is 2.05. The van der Waals surface area contributed by atoms with E-state index >= 15 is 0 Å². The summed E-state index contributed by atoms with van der Waals surface area (Å²) < 4.78 is 25.3. The highest BCUT2D eigenvalue weighted by Gasteiger charge is 2.19. The van der Waals surface area contributed by atoms with Crippen molar-refractivity contribution in [1.29, 1.82) is 0 Å². The SMILES string of the molecule is CCc1cc(C)[nH]c(=O)c1CNC(=O)c1cc(S(=O)[O-])cc2c1c(C)cn2C(C)C. The third kappa shape index (κ3) is 4.11. The minimum Gasteiger partial charge on any atom is -0.768 e. The number of pyridine rings is 1. The zero-order valence-electron chi connectivity index (χ0n) is 17.8. The van der Waals surface area contributed by atoms with Crippen LogP contribution in [0.2, 0.25) is 0 Å². The Hall–Kier alpha value is -2.71. The summed E-state index contributed by atoms with van der Waals surface area (Å²) >= 11 is -2.47. The number of carbonyl (C=O) groups excluding carboxylic acids is 1. The summed E-state index contributed by atoms with van der Waals surface area (Å²) in [6.45, 7) is 9.72. The van der Waals surface area contributed by atoms with E-state index in [0.717, 1.165) is 16.8 Å². The van der Waals surface area contributed by atoms with Crippen molar-refractivity contribution in [1.82, 2.24) is 14.9 Å². The lowest BCUT2D eigenvalue weighted by Crippen LogP contribution is -2.28. The number of H-pyrrole nitrogens is 1. The highest BCUT2D eigenvalue weighted by molar-refractivity contribution is 7.79. The highest BCUT2D eigenvalue weighted by atomic mass is 32.2. The molecule has 0 aliphatic heterocycles. The first-order valence-electron chi connectivity index (χ1n) is 9.88. The average molecular weight is 429 g/mol. The minimum atomic E-state index is -2.47. The monoisotopic (exact) mass is 428 g/mol. The maximum Gasteiger partial charge on any atom is 0.253 e. The van der Waals surface area contributed by atoms with Crippen LogP contribution in [0.3, 0.4) is 0 Å². The Labute approximate surface area is 177 Å². The number of hydrogen-bond acceptors (Lipinski definition) is 4. The van der Waals surface area contributed by atoms with E-state index in [1.165, 1.54) is 6.07 Å². The maximum absolute atomic E-state index is 13.1. The summed E-state index contributed by atoms with van der Waals surface area (Å²) in [5, 5.41) is 3.52. The van der Waals surface area contributed by atoms with Crippen LogP contribution in [0.5, 0.6) is 0 Å². The average Bonchev–Trinajstić information content (AvgIpc) is 3.02. The van der Waals surface area contributed by atoms with Gasteiger partial charge in [-0.2, -0.15) is 0 Å². The molecule has 0 radical (unpaired) electrons. The molecule has 0 saturated heterocycles. The van der Waals surface area contributed by atoms with Gasteiger partial charge in [-0.3, -0.25) is 13.8 Å². The largest absolute Gasteiger partial charge is 0.768 e. The van der Waals surface area contributed by atoms with Crippen LogP contribution in [0.4, 0.5) is 0 Å². The van der Waals surface area contributed by atoms with Crippen LogP contribution in [0.1, 0.15) is 59.6 Å². The van der Waals surface area contributed by atoms with Gasteiger partial charge in [-0.1, -0.05) is 6.92 Å². The topological polar surface area (TPSA) is 107 Å². The molecule has 3 rings (SSSR count). The smallest absolute Gasteiger partial charge is 0.253 e. The molecule has 0 bridgehead atoms. The Bertz CT molecular complexity index is 1210. The fourth-order valence-electron chi connectivity index (χ4n) is 3.82. The highest BCUT2D eigenvalue weighted by Crippen LogP contribution is 2.30. The first-order chi connectivity index (χ1) is 14.1. The quantitative estimate of drug-likeness (QED) is 0.588. The fourth-order valence-corrected chi connectivity index (χ4v) is 4.24. The molecule has 1 amide bonds. The standard InChI is InChI=1S/C22H27N3O4S/c1-6-15-7-14(5)24-22(27)18(15)10-23-21(26)17-8-16(30(28)29)9-19-20(17)13(4)11-25(19)12(2)3/h7-9,11-12H,6,10H2,1-5H3,(H,23,26)(H,24,27)(H,28,29)/p-1. The summed E-state index contributed by atoms with van der Waals surface area (Å²) in [6, 6.07) is 4.97. The lowest BCUT2D eigenvalue weighted by molar-refractivity contribution is 0.0952. The van der Waals surface area contributed by atoms with Crippen molar-refractivity contribution in [2.45, 2.75) is 58.5 Å². The normalized spacial score (nSPS) is 12.5. The van der Waals surface area contributed by atoms with Gasteiger partial charge in [0.25, 0.3) is 11.5 Å². The van der Waals surface area contributed by atoms with Crippen LogP contribution >= 0.6 is 0 Å². The van der Waals surface area contributed by atoms with E-state index in [1.807, 2.05) is 51.4 Å². The first kappa shape index (κ1) is 22.0. The number of amides is 1. The summed E-state index contributed by atoms with van der Waals surface area (Å²) in [4.78, 5) is 28.3. The number of aromatic nitrogens is 2. The van der Waals surface area contributed by atoms with Gasteiger partial charge in [0.05, 0.1) is 11.1 Å². The number of hydrogen-bond donors (Lipinski definition) is 2. The third-order valence-corrected chi connectivity index (χ3v) is 5.88. The predicted molar refractivity (Wildman–Crippen MR) is 117 cm³/mol. The van der Waals surface area contributed by atoms with Crippen LogP contribution in [0.15, 0.2) is 34.1 Å². The summed E-state index contributed by atoms with van der Waals surface area (Å²) in [6.07, 6.45) is 2.59. The molecule has 0 saturated carbocycles. The minimum absolute atomic E-state index is 0.0510. The van der Waals surface area contributed by atoms with Crippen LogP contribution in [-0.4, -0.2) is 24.2 Å². The van der Waals surface area contributed by atoms with Gasteiger partial charge in [-0.25, -0.2) is 0 Å². The maximum atomic E-state index is 13.1. The van der Waals surface area contributed by atoms with Gasteiger partial charge in [0, 0.05) is 40.3 Å². The molecule has 2 aromatic heterocycles. The number of nitrogens with one attached hydrogen (secondary N) is 2. The number of fused-ring (bicyclic) bond motifs is 1.